The van der Waals surface area contributed by atoms with E-state index in [2.05, 4.69) is 5.32 Å². The van der Waals surface area contributed by atoms with Gasteiger partial charge in [0.2, 0.25) is 0 Å². The third-order valence-electron chi connectivity index (χ3n) is 1.70. The molecule has 0 saturated carbocycles. The smallest absolute Gasteiger partial charge is 0.323 e. The SMILES string of the molecule is COCCOCCNC(COC)C(=O)O. The van der Waals surface area contributed by atoms with Crippen molar-refractivity contribution in [1.29, 1.82) is 0 Å². The topological polar surface area (TPSA) is 77.0 Å². The summed E-state index contributed by atoms with van der Waals surface area (Å²) < 4.78 is 14.7. The lowest BCUT2D eigenvalue weighted by atomic mass is 10.3. The van der Waals surface area contributed by atoms with E-state index in [9.17, 15) is 4.79 Å². The highest BCUT2D eigenvalue weighted by atomic mass is 16.5. The number of hydrogen-bond acceptors (Lipinski definition) is 5. The summed E-state index contributed by atoms with van der Waals surface area (Å²) in [6.45, 7) is 2.13. The van der Waals surface area contributed by atoms with Crippen LogP contribution in [0.15, 0.2) is 0 Å². The van der Waals surface area contributed by atoms with Gasteiger partial charge >= 0.3 is 5.97 Å². The molecule has 0 radical (unpaired) electrons. The third kappa shape index (κ3) is 8.31. The van der Waals surface area contributed by atoms with Gasteiger partial charge in [0.25, 0.3) is 0 Å². The van der Waals surface area contributed by atoms with Gasteiger partial charge in [0.1, 0.15) is 6.04 Å². The molecule has 15 heavy (non-hydrogen) atoms. The van der Waals surface area contributed by atoms with Crippen LogP contribution < -0.4 is 5.32 Å². The normalized spacial score (nSPS) is 12.7. The van der Waals surface area contributed by atoms with Gasteiger partial charge in [-0.25, -0.2) is 0 Å². The Bertz CT molecular complexity index is 165. The van der Waals surface area contributed by atoms with Gasteiger partial charge in [-0.15, -0.1) is 0 Å². The number of ether oxygens (including phenoxy) is 3. The van der Waals surface area contributed by atoms with Crippen molar-refractivity contribution in [2.24, 2.45) is 0 Å². The molecule has 0 aromatic rings. The predicted molar refractivity (Wildman–Crippen MR) is 54.0 cm³/mol. The molecule has 0 rings (SSSR count). The molecule has 2 N–H and O–H groups in total. The minimum absolute atomic E-state index is 0.146. The number of aliphatic carboxylic acids is 1. The Hall–Kier alpha value is -0.690. The number of hydrogen-bond donors (Lipinski definition) is 2. The zero-order chi connectivity index (χ0) is 11.5. The van der Waals surface area contributed by atoms with Crippen molar-refractivity contribution in [3.63, 3.8) is 0 Å². The molecule has 0 aromatic heterocycles. The lowest BCUT2D eigenvalue weighted by Gasteiger charge is -2.13. The number of nitrogens with one attached hydrogen (secondary N) is 1. The maximum Gasteiger partial charge on any atom is 0.323 e. The molecule has 0 bridgehead atoms. The molecule has 90 valence electrons. The zero-order valence-electron chi connectivity index (χ0n) is 9.19. The summed E-state index contributed by atoms with van der Waals surface area (Å²) in [5.41, 5.74) is 0. The van der Waals surface area contributed by atoms with Crippen LogP contribution in [-0.2, 0) is 19.0 Å². The molecule has 0 spiro atoms. The van der Waals surface area contributed by atoms with Gasteiger partial charge in [0.05, 0.1) is 26.4 Å². The summed E-state index contributed by atoms with van der Waals surface area (Å²) in [6.07, 6.45) is 0. The molecule has 0 heterocycles. The second-order valence-corrected chi connectivity index (χ2v) is 2.91. The second-order valence-electron chi connectivity index (χ2n) is 2.91. The van der Waals surface area contributed by atoms with Crippen LogP contribution in [0, 0.1) is 0 Å². The Morgan fingerprint density at radius 2 is 2.00 bits per heavy atom. The zero-order valence-corrected chi connectivity index (χ0v) is 9.19. The molecular weight excluding hydrogens is 202 g/mol. The van der Waals surface area contributed by atoms with Crippen molar-refractivity contribution in [3.05, 3.63) is 0 Å². The van der Waals surface area contributed by atoms with E-state index in [1.807, 2.05) is 0 Å². The van der Waals surface area contributed by atoms with E-state index in [0.717, 1.165) is 0 Å². The van der Waals surface area contributed by atoms with Gasteiger partial charge in [-0.05, 0) is 0 Å². The third-order valence-corrected chi connectivity index (χ3v) is 1.70. The Labute approximate surface area is 89.5 Å². The summed E-state index contributed by atoms with van der Waals surface area (Å²) in [5.74, 6) is -0.922. The maximum absolute atomic E-state index is 10.7. The fraction of sp³-hybridized carbons (Fsp3) is 0.889. The van der Waals surface area contributed by atoms with Crippen LogP contribution in [0.5, 0.6) is 0 Å². The quantitative estimate of drug-likeness (QED) is 0.477. The molecule has 0 fully saturated rings. The Balaban J connectivity index is 3.41. The maximum atomic E-state index is 10.7. The lowest BCUT2D eigenvalue weighted by molar-refractivity contribution is -0.140. The summed E-state index contributed by atoms with van der Waals surface area (Å²) in [4.78, 5) is 10.7. The minimum Gasteiger partial charge on any atom is -0.480 e. The van der Waals surface area contributed by atoms with E-state index in [1.165, 1.54) is 7.11 Å². The lowest BCUT2D eigenvalue weighted by Crippen LogP contribution is -2.41. The van der Waals surface area contributed by atoms with Crippen LogP contribution in [0.2, 0.25) is 0 Å². The van der Waals surface area contributed by atoms with E-state index in [4.69, 9.17) is 19.3 Å². The first-order valence-corrected chi connectivity index (χ1v) is 4.74. The molecule has 1 unspecified atom stereocenters. The predicted octanol–water partition coefficient (Wildman–Crippen LogP) is -0.661. The molecule has 0 aliphatic rings. The average Bonchev–Trinajstić information content (AvgIpc) is 2.21. The highest BCUT2D eigenvalue weighted by Crippen LogP contribution is 1.85. The number of methoxy groups -OCH3 is 2. The largest absolute Gasteiger partial charge is 0.480 e. The fourth-order valence-electron chi connectivity index (χ4n) is 0.934. The van der Waals surface area contributed by atoms with Gasteiger partial charge in [-0.1, -0.05) is 0 Å². The Morgan fingerprint density at radius 1 is 1.27 bits per heavy atom. The Kier molecular flexibility index (Phi) is 9.40. The van der Waals surface area contributed by atoms with Gasteiger partial charge < -0.3 is 24.6 Å². The van der Waals surface area contributed by atoms with E-state index in [-0.39, 0.29) is 6.61 Å². The average molecular weight is 221 g/mol. The van der Waals surface area contributed by atoms with Crippen molar-refractivity contribution in [2.45, 2.75) is 6.04 Å². The monoisotopic (exact) mass is 221 g/mol. The van der Waals surface area contributed by atoms with Crippen LogP contribution in [0.4, 0.5) is 0 Å². The molecule has 1 atom stereocenters. The van der Waals surface area contributed by atoms with Crippen LogP contribution in [0.3, 0.4) is 0 Å². The van der Waals surface area contributed by atoms with Gasteiger partial charge in [0, 0.05) is 20.8 Å². The second kappa shape index (κ2) is 9.85. The number of rotatable bonds is 10. The van der Waals surface area contributed by atoms with Crippen molar-refractivity contribution >= 4 is 5.97 Å². The highest BCUT2D eigenvalue weighted by molar-refractivity contribution is 5.73. The summed E-state index contributed by atoms with van der Waals surface area (Å²) in [5, 5.41) is 11.5. The first-order chi connectivity index (χ1) is 7.22. The number of carbonyl (C=O) groups is 1. The number of carboxylic acid groups (broad SMARTS) is 1. The van der Waals surface area contributed by atoms with Gasteiger partial charge in [-0.2, -0.15) is 0 Å². The van der Waals surface area contributed by atoms with Crippen LogP contribution in [0.1, 0.15) is 0 Å². The fourth-order valence-corrected chi connectivity index (χ4v) is 0.934. The molecule has 0 aromatic carbocycles. The van der Waals surface area contributed by atoms with Crippen molar-refractivity contribution in [1.82, 2.24) is 5.32 Å². The molecule has 0 amide bonds. The molecular formula is C9H19NO5. The summed E-state index contributed by atoms with van der Waals surface area (Å²) >= 11 is 0. The Morgan fingerprint density at radius 3 is 2.53 bits per heavy atom. The first kappa shape index (κ1) is 14.3. The standard InChI is InChI=1S/C9H19NO5/c1-13-5-6-15-4-3-10-8(7-14-2)9(11)12/h8,10H,3-7H2,1-2H3,(H,11,12). The molecule has 0 saturated heterocycles. The van der Waals surface area contributed by atoms with E-state index in [0.29, 0.717) is 26.4 Å². The van der Waals surface area contributed by atoms with Crippen molar-refractivity contribution < 1.29 is 24.1 Å². The molecule has 6 heteroatoms. The summed E-state index contributed by atoms with van der Waals surface area (Å²) in [6, 6.07) is -0.680. The van der Waals surface area contributed by atoms with Gasteiger partial charge in [0.15, 0.2) is 0 Å². The van der Waals surface area contributed by atoms with Crippen molar-refractivity contribution in [2.75, 3.05) is 47.2 Å². The van der Waals surface area contributed by atoms with E-state index < -0.39 is 12.0 Å². The highest BCUT2D eigenvalue weighted by Gasteiger charge is 2.15. The first-order valence-electron chi connectivity index (χ1n) is 4.74. The summed E-state index contributed by atoms with van der Waals surface area (Å²) in [7, 11) is 3.06. The van der Waals surface area contributed by atoms with Gasteiger partial charge in [-0.3, -0.25) is 4.79 Å². The molecule has 0 aliphatic carbocycles. The van der Waals surface area contributed by atoms with Crippen molar-refractivity contribution in [3.8, 4) is 0 Å². The van der Waals surface area contributed by atoms with E-state index in [1.54, 1.807) is 7.11 Å². The van der Waals surface area contributed by atoms with Crippen LogP contribution in [-0.4, -0.2) is 64.3 Å². The number of carboxylic acids is 1. The minimum atomic E-state index is -0.922. The van der Waals surface area contributed by atoms with Crippen LogP contribution >= 0.6 is 0 Å². The van der Waals surface area contributed by atoms with E-state index >= 15 is 0 Å². The van der Waals surface area contributed by atoms with Crippen LogP contribution in [0.25, 0.3) is 0 Å². The molecule has 6 nitrogen and oxygen atoms in total. The molecule has 0 aliphatic heterocycles.